The summed E-state index contributed by atoms with van der Waals surface area (Å²) in [5, 5.41) is 0. The minimum absolute atomic E-state index is 0.0673. The van der Waals surface area contributed by atoms with Crippen molar-refractivity contribution in [2.75, 3.05) is 5.75 Å². The Morgan fingerprint density at radius 1 is 0.667 bits per heavy atom. The first-order valence-electron chi connectivity index (χ1n) is 10.4. The molecule has 0 saturated heterocycles. The monoisotopic (exact) mass is 362 g/mol. The van der Waals surface area contributed by atoms with Gasteiger partial charge in [-0.05, 0) is 18.3 Å². The van der Waals surface area contributed by atoms with Gasteiger partial charge in [-0.25, -0.2) is 0 Å². The molecule has 0 aromatic heterocycles. The molecule has 24 heavy (non-hydrogen) atoms. The first-order chi connectivity index (χ1) is 11.4. The summed E-state index contributed by atoms with van der Waals surface area (Å²) in [6, 6.07) is 0. The van der Waals surface area contributed by atoms with Gasteiger partial charge in [-0.15, -0.1) is 0 Å². The zero-order valence-corrected chi connectivity index (χ0v) is 17.2. The van der Waals surface area contributed by atoms with Crippen LogP contribution >= 0.6 is 0 Å². The van der Waals surface area contributed by atoms with Gasteiger partial charge >= 0.3 is 0 Å². The molecule has 0 aliphatic rings. The molecule has 3 nitrogen and oxygen atoms in total. The highest BCUT2D eigenvalue weighted by Gasteiger charge is 2.17. The standard InChI is InChI=1S/C20H42O3S/c1-4-7-9-10-11-13-15-20(14-12-8-5-2)17-16-19(6-3)18-24(21,22)23/h19-20H,4-18H2,1-3H3,(H,21,22,23). The molecule has 0 saturated carbocycles. The lowest BCUT2D eigenvalue weighted by Crippen LogP contribution is -2.16. The number of hydrogen-bond acceptors (Lipinski definition) is 2. The van der Waals surface area contributed by atoms with Gasteiger partial charge in [-0.3, -0.25) is 4.55 Å². The number of rotatable bonds is 17. The average Bonchev–Trinajstić information content (AvgIpc) is 2.52. The predicted octanol–water partition coefficient (Wildman–Crippen LogP) is 6.63. The molecule has 0 spiro atoms. The van der Waals surface area contributed by atoms with Crippen LogP contribution in [0.25, 0.3) is 0 Å². The maximum Gasteiger partial charge on any atom is 0.265 e. The van der Waals surface area contributed by atoms with E-state index in [9.17, 15) is 8.42 Å². The Labute approximate surface area is 151 Å². The molecule has 0 radical (unpaired) electrons. The van der Waals surface area contributed by atoms with E-state index < -0.39 is 10.1 Å². The molecule has 0 fully saturated rings. The van der Waals surface area contributed by atoms with E-state index in [0.717, 1.165) is 25.2 Å². The molecule has 0 amide bonds. The Morgan fingerprint density at radius 2 is 1.12 bits per heavy atom. The molecule has 0 aliphatic heterocycles. The fourth-order valence-corrected chi connectivity index (χ4v) is 4.50. The van der Waals surface area contributed by atoms with Crippen LogP contribution in [0.2, 0.25) is 0 Å². The van der Waals surface area contributed by atoms with Crippen molar-refractivity contribution >= 4 is 10.1 Å². The van der Waals surface area contributed by atoms with Gasteiger partial charge in [0.25, 0.3) is 10.1 Å². The van der Waals surface area contributed by atoms with Crippen molar-refractivity contribution in [2.45, 2.75) is 111 Å². The highest BCUT2D eigenvalue weighted by Crippen LogP contribution is 2.26. The van der Waals surface area contributed by atoms with E-state index in [1.165, 1.54) is 70.6 Å². The van der Waals surface area contributed by atoms with Crippen molar-refractivity contribution in [3.63, 3.8) is 0 Å². The van der Waals surface area contributed by atoms with Crippen molar-refractivity contribution < 1.29 is 13.0 Å². The predicted molar refractivity (Wildman–Crippen MR) is 105 cm³/mol. The molecule has 0 aliphatic carbocycles. The van der Waals surface area contributed by atoms with Crippen LogP contribution in [-0.4, -0.2) is 18.7 Å². The van der Waals surface area contributed by atoms with E-state index in [2.05, 4.69) is 13.8 Å². The largest absolute Gasteiger partial charge is 0.286 e. The quantitative estimate of drug-likeness (QED) is 0.233. The van der Waals surface area contributed by atoms with Crippen LogP contribution in [-0.2, 0) is 10.1 Å². The lowest BCUT2D eigenvalue weighted by atomic mass is 9.87. The molecule has 0 rings (SSSR count). The fraction of sp³-hybridized carbons (Fsp3) is 1.00. The minimum atomic E-state index is -3.83. The van der Waals surface area contributed by atoms with E-state index in [-0.39, 0.29) is 11.7 Å². The summed E-state index contributed by atoms with van der Waals surface area (Å²) in [7, 11) is -3.83. The van der Waals surface area contributed by atoms with Crippen LogP contribution in [0.1, 0.15) is 111 Å². The van der Waals surface area contributed by atoms with Crippen LogP contribution in [0.5, 0.6) is 0 Å². The first kappa shape index (κ1) is 23.9. The highest BCUT2D eigenvalue weighted by molar-refractivity contribution is 7.85. The molecular formula is C20H42O3S. The van der Waals surface area contributed by atoms with Gasteiger partial charge in [0.2, 0.25) is 0 Å². The fourth-order valence-electron chi connectivity index (χ4n) is 3.50. The van der Waals surface area contributed by atoms with Crippen LogP contribution in [0.3, 0.4) is 0 Å². The second-order valence-corrected chi connectivity index (χ2v) is 9.02. The van der Waals surface area contributed by atoms with Crippen LogP contribution in [0, 0.1) is 11.8 Å². The molecule has 0 bridgehead atoms. The Balaban J connectivity index is 4.17. The van der Waals surface area contributed by atoms with Crippen molar-refractivity contribution in [2.24, 2.45) is 11.8 Å². The Hall–Kier alpha value is -0.0900. The van der Waals surface area contributed by atoms with Gasteiger partial charge in [0, 0.05) is 0 Å². The Morgan fingerprint density at radius 3 is 1.67 bits per heavy atom. The highest BCUT2D eigenvalue weighted by atomic mass is 32.2. The summed E-state index contributed by atoms with van der Waals surface area (Å²) < 4.78 is 31.3. The number of hydrogen-bond donors (Lipinski definition) is 1. The normalized spacial score (nSPS) is 14.7. The summed E-state index contributed by atoms with van der Waals surface area (Å²) in [6.07, 6.45) is 17.3. The van der Waals surface area contributed by atoms with Gasteiger partial charge in [-0.2, -0.15) is 8.42 Å². The summed E-state index contributed by atoms with van der Waals surface area (Å²) in [6.45, 7) is 6.51. The zero-order valence-electron chi connectivity index (χ0n) is 16.4. The summed E-state index contributed by atoms with van der Waals surface area (Å²) in [5.74, 6) is 0.777. The van der Waals surface area contributed by atoms with Gasteiger partial charge in [-0.1, -0.05) is 104 Å². The maximum atomic E-state index is 11.1. The molecule has 0 aromatic rings. The first-order valence-corrected chi connectivity index (χ1v) is 12.0. The van der Waals surface area contributed by atoms with Crippen LogP contribution < -0.4 is 0 Å². The Kier molecular flexibility index (Phi) is 15.1. The summed E-state index contributed by atoms with van der Waals surface area (Å²) in [4.78, 5) is 0. The van der Waals surface area contributed by atoms with Gasteiger partial charge in [0.1, 0.15) is 0 Å². The summed E-state index contributed by atoms with van der Waals surface area (Å²) >= 11 is 0. The van der Waals surface area contributed by atoms with Gasteiger partial charge in [0.05, 0.1) is 5.75 Å². The molecule has 2 unspecified atom stereocenters. The third-order valence-corrected chi connectivity index (χ3v) is 6.08. The molecule has 0 heterocycles. The maximum absolute atomic E-state index is 11.1. The minimum Gasteiger partial charge on any atom is -0.286 e. The lowest BCUT2D eigenvalue weighted by Gasteiger charge is -2.20. The average molecular weight is 363 g/mol. The molecule has 146 valence electrons. The van der Waals surface area contributed by atoms with E-state index >= 15 is 0 Å². The lowest BCUT2D eigenvalue weighted by molar-refractivity contribution is 0.341. The van der Waals surface area contributed by atoms with Crippen molar-refractivity contribution in [1.82, 2.24) is 0 Å². The Bertz CT molecular complexity index is 365. The molecule has 4 heteroatoms. The van der Waals surface area contributed by atoms with Crippen molar-refractivity contribution in [3.8, 4) is 0 Å². The second kappa shape index (κ2) is 15.2. The molecule has 2 atom stereocenters. The summed E-state index contributed by atoms with van der Waals surface area (Å²) in [5.41, 5.74) is 0. The molecule has 0 aromatic carbocycles. The zero-order chi connectivity index (χ0) is 18.3. The SMILES string of the molecule is CCCCCCCCC(CCCCC)CCC(CC)CS(=O)(=O)O. The second-order valence-electron chi connectivity index (χ2n) is 7.52. The van der Waals surface area contributed by atoms with E-state index in [1.807, 2.05) is 6.92 Å². The van der Waals surface area contributed by atoms with E-state index in [4.69, 9.17) is 4.55 Å². The topological polar surface area (TPSA) is 54.4 Å². The molecule has 1 N–H and O–H groups in total. The number of unbranched alkanes of at least 4 members (excludes halogenated alkanes) is 7. The van der Waals surface area contributed by atoms with Gasteiger partial charge in [0.15, 0.2) is 0 Å². The van der Waals surface area contributed by atoms with Crippen LogP contribution in [0.4, 0.5) is 0 Å². The van der Waals surface area contributed by atoms with Crippen molar-refractivity contribution in [3.05, 3.63) is 0 Å². The van der Waals surface area contributed by atoms with E-state index in [0.29, 0.717) is 0 Å². The van der Waals surface area contributed by atoms with Gasteiger partial charge < -0.3 is 0 Å². The van der Waals surface area contributed by atoms with Crippen LogP contribution in [0.15, 0.2) is 0 Å². The third-order valence-electron chi connectivity index (χ3n) is 5.19. The van der Waals surface area contributed by atoms with Crippen molar-refractivity contribution in [1.29, 1.82) is 0 Å². The van der Waals surface area contributed by atoms with E-state index in [1.54, 1.807) is 0 Å². The molecular weight excluding hydrogens is 320 g/mol. The smallest absolute Gasteiger partial charge is 0.265 e. The third kappa shape index (κ3) is 15.4.